The number of hydrazine groups is 1. The minimum Gasteiger partial charge on any atom is -0.271 e. The maximum absolute atomic E-state index is 5.58. The standard InChI is InChI=1S/C10H20N4S/c1-6(2)7(12-11)8-9(10(3,4)5)13-14-15-8/h6-7,12H,11H2,1-5H3. The van der Waals surface area contributed by atoms with Crippen LogP contribution in [0.15, 0.2) is 0 Å². The highest BCUT2D eigenvalue weighted by atomic mass is 32.1. The monoisotopic (exact) mass is 228 g/mol. The highest BCUT2D eigenvalue weighted by Crippen LogP contribution is 2.32. The van der Waals surface area contributed by atoms with Crippen molar-refractivity contribution in [3.63, 3.8) is 0 Å². The van der Waals surface area contributed by atoms with Gasteiger partial charge in [-0.05, 0) is 17.5 Å². The Bertz CT molecular complexity index is 313. The minimum atomic E-state index is 0.0202. The fourth-order valence-electron chi connectivity index (χ4n) is 1.49. The molecule has 1 aromatic heterocycles. The molecule has 86 valence electrons. The number of nitrogens with zero attached hydrogens (tertiary/aromatic N) is 2. The van der Waals surface area contributed by atoms with E-state index in [0.717, 1.165) is 10.6 Å². The van der Waals surface area contributed by atoms with E-state index < -0.39 is 0 Å². The number of hydrogen-bond acceptors (Lipinski definition) is 5. The van der Waals surface area contributed by atoms with Gasteiger partial charge < -0.3 is 0 Å². The molecule has 1 rings (SSSR count). The van der Waals surface area contributed by atoms with Gasteiger partial charge in [-0.15, -0.1) is 5.10 Å². The van der Waals surface area contributed by atoms with Gasteiger partial charge in [-0.25, -0.2) is 0 Å². The maximum Gasteiger partial charge on any atom is 0.0857 e. The van der Waals surface area contributed by atoms with Crippen LogP contribution in [0.25, 0.3) is 0 Å². The third-order valence-electron chi connectivity index (χ3n) is 2.35. The second kappa shape index (κ2) is 4.55. The summed E-state index contributed by atoms with van der Waals surface area (Å²) < 4.78 is 4.04. The van der Waals surface area contributed by atoms with Gasteiger partial charge in [0.15, 0.2) is 0 Å². The van der Waals surface area contributed by atoms with Crippen molar-refractivity contribution >= 4 is 11.5 Å². The Morgan fingerprint density at radius 1 is 1.33 bits per heavy atom. The summed E-state index contributed by atoms with van der Waals surface area (Å²) in [6, 6.07) is 0.138. The maximum atomic E-state index is 5.58. The molecular weight excluding hydrogens is 208 g/mol. The first-order valence-corrected chi connectivity index (χ1v) is 5.94. The van der Waals surface area contributed by atoms with Crippen LogP contribution in [0.3, 0.4) is 0 Å². The summed E-state index contributed by atoms with van der Waals surface area (Å²) in [6.07, 6.45) is 0. The van der Waals surface area contributed by atoms with Gasteiger partial charge in [0.2, 0.25) is 0 Å². The second-order valence-corrected chi connectivity index (χ2v) is 5.91. The predicted molar refractivity (Wildman–Crippen MR) is 63.5 cm³/mol. The van der Waals surface area contributed by atoms with Gasteiger partial charge in [-0.3, -0.25) is 11.3 Å². The molecule has 3 N–H and O–H groups in total. The van der Waals surface area contributed by atoms with Crippen LogP contribution in [0.4, 0.5) is 0 Å². The van der Waals surface area contributed by atoms with Crippen molar-refractivity contribution in [2.75, 3.05) is 0 Å². The summed E-state index contributed by atoms with van der Waals surface area (Å²) >= 11 is 1.43. The molecule has 1 aromatic rings. The highest BCUT2D eigenvalue weighted by Gasteiger charge is 2.28. The molecule has 5 heteroatoms. The van der Waals surface area contributed by atoms with E-state index in [1.165, 1.54) is 11.5 Å². The SMILES string of the molecule is CC(C)C(NN)c1snnc1C(C)(C)C. The summed E-state index contributed by atoms with van der Waals surface area (Å²) in [5.41, 5.74) is 3.91. The molecule has 0 aliphatic heterocycles. The van der Waals surface area contributed by atoms with E-state index >= 15 is 0 Å². The van der Waals surface area contributed by atoms with Crippen molar-refractivity contribution in [3.05, 3.63) is 10.6 Å². The average Bonchev–Trinajstić information content (AvgIpc) is 2.52. The molecule has 15 heavy (non-hydrogen) atoms. The van der Waals surface area contributed by atoms with Gasteiger partial charge in [0.1, 0.15) is 0 Å². The van der Waals surface area contributed by atoms with Crippen LogP contribution in [0.5, 0.6) is 0 Å². The summed E-state index contributed by atoms with van der Waals surface area (Å²) in [7, 11) is 0. The van der Waals surface area contributed by atoms with Crippen LogP contribution >= 0.6 is 11.5 Å². The number of aromatic nitrogens is 2. The van der Waals surface area contributed by atoms with Crippen molar-refractivity contribution in [3.8, 4) is 0 Å². The summed E-state index contributed by atoms with van der Waals surface area (Å²) in [4.78, 5) is 1.15. The molecule has 4 nitrogen and oxygen atoms in total. The third-order valence-corrected chi connectivity index (χ3v) is 3.16. The first-order chi connectivity index (χ1) is 6.88. The molecule has 0 saturated carbocycles. The van der Waals surface area contributed by atoms with E-state index in [1.54, 1.807) is 0 Å². The predicted octanol–water partition coefficient (Wildman–Crippen LogP) is 2.00. The van der Waals surface area contributed by atoms with Gasteiger partial charge in [0.25, 0.3) is 0 Å². The van der Waals surface area contributed by atoms with Crippen molar-refractivity contribution in [1.29, 1.82) is 0 Å². The lowest BCUT2D eigenvalue weighted by Gasteiger charge is -2.23. The second-order valence-electron chi connectivity index (χ2n) is 5.12. The Hall–Kier alpha value is -0.520. The number of hydrogen-bond donors (Lipinski definition) is 2. The van der Waals surface area contributed by atoms with Crippen LogP contribution in [-0.4, -0.2) is 9.59 Å². The molecule has 1 unspecified atom stereocenters. The molecule has 0 aliphatic carbocycles. The largest absolute Gasteiger partial charge is 0.271 e. The Morgan fingerprint density at radius 3 is 2.33 bits per heavy atom. The quantitative estimate of drug-likeness (QED) is 0.613. The Morgan fingerprint density at radius 2 is 1.93 bits per heavy atom. The van der Waals surface area contributed by atoms with Crippen LogP contribution in [0.1, 0.15) is 51.2 Å². The van der Waals surface area contributed by atoms with E-state index in [4.69, 9.17) is 5.84 Å². The van der Waals surface area contributed by atoms with Crippen LogP contribution in [-0.2, 0) is 5.41 Å². The molecule has 0 aromatic carbocycles. The normalized spacial score (nSPS) is 14.6. The fraction of sp³-hybridized carbons (Fsp3) is 0.800. The van der Waals surface area contributed by atoms with E-state index in [9.17, 15) is 0 Å². The zero-order chi connectivity index (χ0) is 11.6. The first-order valence-electron chi connectivity index (χ1n) is 5.16. The van der Waals surface area contributed by atoms with Gasteiger partial charge in [0.05, 0.1) is 16.6 Å². The number of nitrogens with two attached hydrogens (primary N) is 1. The zero-order valence-electron chi connectivity index (χ0n) is 10.0. The smallest absolute Gasteiger partial charge is 0.0857 e. The lowest BCUT2D eigenvalue weighted by Crippen LogP contribution is -2.32. The molecule has 1 heterocycles. The van der Waals surface area contributed by atoms with Gasteiger partial charge in [-0.1, -0.05) is 39.1 Å². The Balaban J connectivity index is 3.09. The van der Waals surface area contributed by atoms with Gasteiger partial charge in [0, 0.05) is 5.41 Å². The summed E-state index contributed by atoms with van der Waals surface area (Å²) in [5.74, 6) is 6.01. The van der Waals surface area contributed by atoms with Gasteiger partial charge in [-0.2, -0.15) is 0 Å². The van der Waals surface area contributed by atoms with E-state index in [0.29, 0.717) is 5.92 Å². The van der Waals surface area contributed by atoms with Gasteiger partial charge >= 0.3 is 0 Å². The molecule has 0 bridgehead atoms. The average molecular weight is 228 g/mol. The number of nitrogens with one attached hydrogen (secondary N) is 1. The fourth-order valence-corrected chi connectivity index (χ4v) is 2.59. The lowest BCUT2D eigenvalue weighted by molar-refractivity contribution is 0.416. The molecule has 0 fully saturated rings. The molecule has 0 amide bonds. The van der Waals surface area contributed by atoms with Crippen LogP contribution in [0.2, 0.25) is 0 Å². The van der Waals surface area contributed by atoms with E-state index in [1.807, 2.05) is 0 Å². The Labute approximate surface area is 95.4 Å². The Kier molecular flexibility index (Phi) is 3.81. The van der Waals surface area contributed by atoms with Crippen molar-refractivity contribution in [2.24, 2.45) is 11.8 Å². The van der Waals surface area contributed by atoms with E-state index in [2.05, 4.69) is 49.6 Å². The highest BCUT2D eigenvalue weighted by molar-refractivity contribution is 7.05. The molecular formula is C10H20N4S. The molecule has 0 radical (unpaired) electrons. The van der Waals surface area contributed by atoms with Crippen molar-refractivity contribution in [2.45, 2.75) is 46.1 Å². The minimum absolute atomic E-state index is 0.0202. The molecule has 0 aliphatic rings. The molecule has 0 spiro atoms. The van der Waals surface area contributed by atoms with Crippen molar-refractivity contribution < 1.29 is 0 Å². The van der Waals surface area contributed by atoms with Crippen LogP contribution in [0, 0.1) is 5.92 Å². The topological polar surface area (TPSA) is 63.8 Å². The molecule has 1 atom stereocenters. The lowest BCUT2D eigenvalue weighted by atomic mass is 9.88. The number of rotatable bonds is 3. The third kappa shape index (κ3) is 2.74. The first kappa shape index (κ1) is 12.5. The molecule has 0 saturated heterocycles. The van der Waals surface area contributed by atoms with Crippen molar-refractivity contribution in [1.82, 2.24) is 15.0 Å². The van der Waals surface area contributed by atoms with E-state index in [-0.39, 0.29) is 11.5 Å². The van der Waals surface area contributed by atoms with Crippen LogP contribution < -0.4 is 11.3 Å². The summed E-state index contributed by atoms with van der Waals surface area (Å²) in [6.45, 7) is 10.7. The summed E-state index contributed by atoms with van der Waals surface area (Å²) in [5, 5.41) is 4.21. The zero-order valence-corrected chi connectivity index (χ0v) is 10.9.